The van der Waals surface area contributed by atoms with Gasteiger partial charge in [-0.1, -0.05) is 12.1 Å². The Bertz CT molecular complexity index is 1020. The average Bonchev–Trinajstić information content (AvgIpc) is 2.67. The van der Waals surface area contributed by atoms with Crippen molar-refractivity contribution in [2.75, 3.05) is 6.54 Å². The maximum atomic E-state index is 12.4. The van der Waals surface area contributed by atoms with E-state index in [1.807, 2.05) is 13.8 Å². The van der Waals surface area contributed by atoms with Crippen LogP contribution in [0.25, 0.3) is 16.7 Å². The van der Waals surface area contributed by atoms with E-state index < -0.39 is 6.36 Å². The second-order valence-corrected chi connectivity index (χ2v) is 6.84. The first-order valence-corrected chi connectivity index (χ1v) is 9.09. The smallest absolute Gasteiger partial charge is 0.406 e. The van der Waals surface area contributed by atoms with Gasteiger partial charge in [0, 0.05) is 12.1 Å². The summed E-state index contributed by atoms with van der Waals surface area (Å²) in [5, 5.41) is 12.3. The van der Waals surface area contributed by atoms with Gasteiger partial charge in [-0.05, 0) is 78.8 Å². The first-order valence-electron chi connectivity index (χ1n) is 9.09. The fourth-order valence-electron chi connectivity index (χ4n) is 3.51. The second-order valence-electron chi connectivity index (χ2n) is 6.84. The zero-order valence-corrected chi connectivity index (χ0v) is 16.0. The topological polar surface area (TPSA) is 62.1 Å². The zero-order chi connectivity index (χ0) is 21.2. The van der Waals surface area contributed by atoms with Crippen LogP contribution in [0.2, 0.25) is 0 Å². The van der Waals surface area contributed by atoms with Gasteiger partial charge in [0.1, 0.15) is 5.75 Å². The molecule has 3 rings (SSSR count). The summed E-state index contributed by atoms with van der Waals surface area (Å²) < 4.78 is 41.1. The maximum absolute atomic E-state index is 12.4. The Balaban J connectivity index is 2.07. The summed E-state index contributed by atoms with van der Waals surface area (Å²) in [5.41, 5.74) is 4.89. The minimum atomic E-state index is -4.75. The van der Waals surface area contributed by atoms with Gasteiger partial charge in [-0.25, -0.2) is 0 Å². The molecule has 1 aliphatic rings. The van der Waals surface area contributed by atoms with E-state index >= 15 is 0 Å². The third-order valence-electron chi connectivity index (χ3n) is 4.96. The van der Waals surface area contributed by atoms with Gasteiger partial charge in [-0.15, -0.1) is 13.2 Å². The van der Waals surface area contributed by atoms with E-state index in [2.05, 4.69) is 16.1 Å². The summed E-state index contributed by atoms with van der Waals surface area (Å²) in [4.78, 5) is 12.2. The molecule has 1 fully saturated rings. The highest BCUT2D eigenvalue weighted by molar-refractivity contribution is 6.02. The largest absolute Gasteiger partial charge is 0.573 e. The summed E-state index contributed by atoms with van der Waals surface area (Å²) in [6, 6.07) is 11.1. The molecule has 0 bridgehead atoms. The molecule has 150 valence electrons. The van der Waals surface area contributed by atoms with Gasteiger partial charge in [-0.2, -0.15) is 5.26 Å². The highest BCUT2D eigenvalue weighted by Crippen LogP contribution is 2.34. The number of carbonyl (C=O) groups is 1. The highest BCUT2D eigenvalue weighted by atomic mass is 19.4. The Morgan fingerprint density at radius 2 is 1.90 bits per heavy atom. The van der Waals surface area contributed by atoms with Crippen molar-refractivity contribution in [1.82, 2.24) is 5.32 Å². The van der Waals surface area contributed by atoms with Crippen LogP contribution in [-0.4, -0.2) is 18.8 Å². The maximum Gasteiger partial charge on any atom is 0.573 e. The third-order valence-corrected chi connectivity index (χ3v) is 4.96. The molecule has 0 spiro atoms. The lowest BCUT2D eigenvalue weighted by Crippen LogP contribution is -2.31. The number of rotatable bonds is 3. The summed E-state index contributed by atoms with van der Waals surface area (Å²) >= 11 is 0. The predicted octanol–water partition coefficient (Wildman–Crippen LogP) is 5.12. The van der Waals surface area contributed by atoms with Crippen LogP contribution in [0.15, 0.2) is 42.0 Å². The molecule has 29 heavy (non-hydrogen) atoms. The SMILES string of the molecule is C/C(=C1/CCCNC1=O)c1cc(C#N)cc(-c2ccc(OC(F)(F)F)cc2)c1C. The predicted molar refractivity (Wildman–Crippen MR) is 103 cm³/mol. The highest BCUT2D eigenvalue weighted by Gasteiger charge is 2.31. The Labute approximate surface area is 166 Å². The lowest BCUT2D eigenvalue weighted by Gasteiger charge is -2.20. The molecule has 1 N–H and O–H groups in total. The number of benzene rings is 2. The third kappa shape index (κ3) is 4.60. The van der Waals surface area contributed by atoms with Crippen LogP contribution in [0, 0.1) is 18.3 Å². The molecular weight excluding hydrogens is 381 g/mol. The van der Waals surface area contributed by atoms with Crippen LogP contribution in [0.4, 0.5) is 13.2 Å². The summed E-state index contributed by atoms with van der Waals surface area (Å²) in [7, 11) is 0. The monoisotopic (exact) mass is 400 g/mol. The number of amides is 1. The van der Waals surface area contributed by atoms with Gasteiger partial charge in [-0.3, -0.25) is 4.79 Å². The molecule has 0 saturated carbocycles. The van der Waals surface area contributed by atoms with Crippen LogP contribution < -0.4 is 10.1 Å². The van der Waals surface area contributed by atoms with E-state index in [1.165, 1.54) is 24.3 Å². The van der Waals surface area contributed by atoms with E-state index in [-0.39, 0.29) is 11.7 Å². The van der Waals surface area contributed by atoms with Gasteiger partial charge < -0.3 is 10.1 Å². The molecule has 0 atom stereocenters. The number of allylic oxidation sites excluding steroid dienone is 1. The van der Waals surface area contributed by atoms with E-state index in [0.29, 0.717) is 35.2 Å². The standard InChI is InChI=1S/C22H19F3N2O2/c1-13(18-4-3-9-27-21(18)28)19-10-15(12-26)11-20(14(19)2)16-5-7-17(8-6-16)29-22(23,24)25/h5-8,10-11H,3-4,9H2,1-2H3,(H,27,28)/b18-13+. The molecule has 1 saturated heterocycles. The number of piperidine rings is 1. The van der Waals surface area contributed by atoms with Crippen LogP contribution >= 0.6 is 0 Å². The molecule has 0 radical (unpaired) electrons. The minimum Gasteiger partial charge on any atom is -0.406 e. The Hall–Kier alpha value is -3.27. The Kier molecular flexibility index (Phi) is 5.64. The van der Waals surface area contributed by atoms with Crippen molar-refractivity contribution in [3.63, 3.8) is 0 Å². The number of nitrogens with one attached hydrogen (secondary N) is 1. The van der Waals surface area contributed by atoms with Crippen molar-refractivity contribution >= 4 is 11.5 Å². The second kappa shape index (κ2) is 8.00. The molecule has 7 heteroatoms. The van der Waals surface area contributed by atoms with Crippen molar-refractivity contribution < 1.29 is 22.7 Å². The number of alkyl halides is 3. The number of hydrogen-bond donors (Lipinski definition) is 1. The first-order chi connectivity index (χ1) is 13.7. The number of nitriles is 1. The number of ether oxygens (including phenoxy) is 1. The van der Waals surface area contributed by atoms with Crippen molar-refractivity contribution in [1.29, 1.82) is 5.26 Å². The molecule has 1 amide bonds. The van der Waals surface area contributed by atoms with Gasteiger partial charge in [0.05, 0.1) is 11.6 Å². The molecule has 0 unspecified atom stereocenters. The van der Waals surface area contributed by atoms with Crippen molar-refractivity contribution in [3.8, 4) is 22.9 Å². The van der Waals surface area contributed by atoms with Crippen LogP contribution in [0.3, 0.4) is 0 Å². The Morgan fingerprint density at radius 3 is 2.48 bits per heavy atom. The quantitative estimate of drug-likeness (QED) is 0.728. The molecule has 1 aliphatic heterocycles. The van der Waals surface area contributed by atoms with Crippen molar-refractivity contribution in [2.45, 2.75) is 33.1 Å². The van der Waals surface area contributed by atoms with E-state index in [1.54, 1.807) is 12.1 Å². The van der Waals surface area contributed by atoms with Crippen LogP contribution in [0.1, 0.15) is 36.5 Å². The average molecular weight is 400 g/mol. The van der Waals surface area contributed by atoms with Gasteiger partial charge in [0.25, 0.3) is 0 Å². The molecule has 1 heterocycles. The lowest BCUT2D eigenvalue weighted by molar-refractivity contribution is -0.274. The summed E-state index contributed by atoms with van der Waals surface area (Å²) in [5.74, 6) is -0.418. The number of hydrogen-bond acceptors (Lipinski definition) is 3. The van der Waals surface area contributed by atoms with Crippen molar-refractivity contribution in [2.24, 2.45) is 0 Å². The number of halogens is 3. The van der Waals surface area contributed by atoms with E-state index in [0.717, 1.165) is 23.1 Å². The molecule has 0 aliphatic carbocycles. The van der Waals surface area contributed by atoms with Gasteiger partial charge >= 0.3 is 6.36 Å². The summed E-state index contributed by atoms with van der Waals surface area (Å²) in [6.45, 7) is 4.37. The first kappa shape index (κ1) is 20.5. The number of nitrogens with zero attached hydrogens (tertiary/aromatic N) is 1. The molecule has 2 aromatic carbocycles. The molecular formula is C22H19F3N2O2. The zero-order valence-electron chi connectivity index (χ0n) is 16.0. The van der Waals surface area contributed by atoms with E-state index in [9.17, 15) is 23.2 Å². The van der Waals surface area contributed by atoms with Gasteiger partial charge in [0.15, 0.2) is 0 Å². The fraction of sp³-hybridized carbons (Fsp3) is 0.273. The summed E-state index contributed by atoms with van der Waals surface area (Å²) in [6.07, 6.45) is -3.25. The van der Waals surface area contributed by atoms with E-state index in [4.69, 9.17) is 0 Å². The van der Waals surface area contributed by atoms with Gasteiger partial charge in [0.2, 0.25) is 5.91 Å². The molecule has 4 nitrogen and oxygen atoms in total. The number of carbonyl (C=O) groups excluding carboxylic acids is 1. The molecule has 2 aromatic rings. The minimum absolute atomic E-state index is 0.106. The lowest BCUT2D eigenvalue weighted by atomic mass is 9.87. The van der Waals surface area contributed by atoms with Crippen LogP contribution in [-0.2, 0) is 4.79 Å². The normalized spacial score (nSPS) is 16.1. The van der Waals surface area contributed by atoms with Crippen LogP contribution in [0.5, 0.6) is 5.75 Å². The Morgan fingerprint density at radius 1 is 1.21 bits per heavy atom. The van der Waals surface area contributed by atoms with Crippen molar-refractivity contribution in [3.05, 3.63) is 58.7 Å². The molecule has 0 aromatic heterocycles. The fourth-order valence-corrected chi connectivity index (χ4v) is 3.51.